The predicted molar refractivity (Wildman–Crippen MR) is 118 cm³/mol. The molecule has 0 N–H and O–H groups in total. The lowest BCUT2D eigenvalue weighted by molar-refractivity contribution is -0.144. The fraction of sp³-hybridized carbons (Fsp3) is 0.667. The molecule has 156 valence electrons. The first kappa shape index (κ1) is 19.4. The van der Waals surface area contributed by atoms with E-state index < -0.39 is 0 Å². The van der Waals surface area contributed by atoms with Crippen LogP contribution in [-0.2, 0) is 11.2 Å². The summed E-state index contributed by atoms with van der Waals surface area (Å²) >= 11 is 0. The van der Waals surface area contributed by atoms with Crippen molar-refractivity contribution in [3.05, 3.63) is 47.5 Å². The third kappa shape index (κ3) is 2.85. The molecule has 0 bridgehead atoms. The number of hydrogen-bond acceptors (Lipinski definition) is 1. The summed E-state index contributed by atoms with van der Waals surface area (Å²) in [4.78, 5) is 14.8. The molecule has 3 saturated carbocycles. The lowest BCUT2D eigenvalue weighted by Gasteiger charge is -2.62. The Kier molecular flexibility index (Phi) is 4.50. The fourth-order valence-electron chi connectivity index (χ4n) is 8.36. The van der Waals surface area contributed by atoms with Crippen LogP contribution in [0.1, 0.15) is 63.5 Å². The summed E-state index contributed by atoms with van der Waals surface area (Å²) in [6.07, 6.45) is 13.6. The number of amides is 1. The van der Waals surface area contributed by atoms with Gasteiger partial charge in [0.15, 0.2) is 0 Å². The molecular formula is C27H37NO. The van der Waals surface area contributed by atoms with Gasteiger partial charge in [-0.05, 0) is 91.7 Å². The average Bonchev–Trinajstić information content (AvgIpc) is 3.09. The standard InChI is InChI=1S/C27H37NO/c1-18-8-5-6-9-19(18)16-20-17-21-22-10-7-13-26(22,2)14-11-23(21)27(3)15-12-24(29)28(4)25(20)27/h5-6,8-9,12,15,20-23,25H,7,10-11,13-14,16-17H2,1-4H3/t20-,21-,22-,23-,25+,26-,27+/m0/s1. The Balaban J connectivity index is 1.56. The van der Waals surface area contributed by atoms with E-state index in [2.05, 4.69) is 63.1 Å². The first-order valence-electron chi connectivity index (χ1n) is 11.8. The number of carbonyl (C=O) groups excluding carboxylic acids is 1. The van der Waals surface area contributed by atoms with Gasteiger partial charge in [0.05, 0.1) is 0 Å². The highest BCUT2D eigenvalue weighted by molar-refractivity contribution is 5.89. The summed E-state index contributed by atoms with van der Waals surface area (Å²) in [7, 11) is 2.06. The molecule has 1 aliphatic heterocycles. The van der Waals surface area contributed by atoms with E-state index in [1.54, 1.807) is 0 Å². The van der Waals surface area contributed by atoms with Crippen molar-refractivity contribution in [2.24, 2.45) is 34.5 Å². The largest absolute Gasteiger partial charge is 0.338 e. The monoisotopic (exact) mass is 391 g/mol. The van der Waals surface area contributed by atoms with E-state index in [1.807, 2.05) is 6.08 Å². The topological polar surface area (TPSA) is 20.3 Å². The molecule has 29 heavy (non-hydrogen) atoms. The third-order valence-corrected chi connectivity index (χ3v) is 9.77. The van der Waals surface area contributed by atoms with Gasteiger partial charge in [0.25, 0.3) is 0 Å². The zero-order chi connectivity index (χ0) is 20.4. The van der Waals surface area contributed by atoms with Crippen LogP contribution < -0.4 is 0 Å². The number of rotatable bonds is 2. The molecule has 0 radical (unpaired) electrons. The number of aryl methyl sites for hydroxylation is 1. The second-order valence-electron chi connectivity index (χ2n) is 11.2. The predicted octanol–water partition coefficient (Wildman–Crippen LogP) is 5.79. The smallest absolute Gasteiger partial charge is 0.246 e. The second kappa shape index (κ2) is 6.72. The van der Waals surface area contributed by atoms with Gasteiger partial charge >= 0.3 is 0 Å². The molecule has 1 aromatic rings. The Hall–Kier alpha value is -1.57. The van der Waals surface area contributed by atoms with E-state index in [-0.39, 0.29) is 11.3 Å². The molecular weight excluding hydrogens is 354 g/mol. The number of carbonyl (C=O) groups is 1. The van der Waals surface area contributed by atoms with E-state index in [9.17, 15) is 4.79 Å². The minimum absolute atomic E-state index is 0.114. The van der Waals surface area contributed by atoms with Crippen LogP contribution in [-0.4, -0.2) is 23.9 Å². The van der Waals surface area contributed by atoms with E-state index in [0.717, 1.165) is 24.2 Å². The van der Waals surface area contributed by atoms with Crippen molar-refractivity contribution in [3.63, 3.8) is 0 Å². The van der Waals surface area contributed by atoms with Gasteiger partial charge in [-0.2, -0.15) is 0 Å². The third-order valence-electron chi connectivity index (χ3n) is 9.77. The highest BCUT2D eigenvalue weighted by Gasteiger charge is 2.60. The van der Waals surface area contributed by atoms with Gasteiger partial charge in [-0.3, -0.25) is 4.79 Å². The molecule has 0 spiro atoms. The minimum Gasteiger partial charge on any atom is -0.338 e. The van der Waals surface area contributed by atoms with Gasteiger partial charge in [-0.25, -0.2) is 0 Å². The molecule has 2 nitrogen and oxygen atoms in total. The normalized spacial score (nSPS) is 43.7. The van der Waals surface area contributed by atoms with Crippen LogP contribution in [0.15, 0.2) is 36.4 Å². The van der Waals surface area contributed by atoms with Crippen molar-refractivity contribution in [2.75, 3.05) is 7.05 Å². The van der Waals surface area contributed by atoms with Crippen molar-refractivity contribution in [1.29, 1.82) is 0 Å². The maximum Gasteiger partial charge on any atom is 0.246 e. The fourth-order valence-corrected chi connectivity index (χ4v) is 8.36. The summed E-state index contributed by atoms with van der Waals surface area (Å²) in [6, 6.07) is 9.19. The van der Waals surface area contributed by atoms with Gasteiger partial charge in [-0.1, -0.05) is 50.6 Å². The zero-order valence-electron chi connectivity index (χ0n) is 18.7. The molecule has 0 unspecified atom stereocenters. The van der Waals surface area contributed by atoms with Gasteiger partial charge < -0.3 is 4.90 Å². The number of hydrogen-bond donors (Lipinski definition) is 0. The lowest BCUT2D eigenvalue weighted by atomic mass is 9.46. The maximum absolute atomic E-state index is 12.7. The second-order valence-corrected chi connectivity index (χ2v) is 11.2. The van der Waals surface area contributed by atoms with Crippen molar-refractivity contribution in [2.45, 2.75) is 71.8 Å². The van der Waals surface area contributed by atoms with E-state index in [1.165, 1.54) is 49.7 Å². The summed E-state index contributed by atoms with van der Waals surface area (Å²) in [5.74, 6) is 3.17. The Morgan fingerprint density at radius 3 is 2.69 bits per heavy atom. The van der Waals surface area contributed by atoms with Crippen molar-refractivity contribution in [3.8, 4) is 0 Å². The molecule has 3 fully saturated rings. The number of fused-ring (bicyclic) bond motifs is 5. The Labute approximate surface area is 176 Å². The molecule has 0 saturated heterocycles. The van der Waals surface area contributed by atoms with Crippen molar-refractivity contribution < 1.29 is 4.79 Å². The van der Waals surface area contributed by atoms with Gasteiger partial charge in [-0.15, -0.1) is 0 Å². The van der Waals surface area contributed by atoms with Crippen LogP contribution in [0.4, 0.5) is 0 Å². The highest BCUT2D eigenvalue weighted by Crippen LogP contribution is 2.65. The SMILES string of the molecule is Cc1ccccc1C[C@H]1C[C@H]2[C@@H]3CCC[C@@]3(C)CC[C@@H]2[C@@]2(C)C=CC(=O)N(C)[C@H]12. The van der Waals surface area contributed by atoms with Gasteiger partial charge in [0.2, 0.25) is 5.91 Å². The average molecular weight is 392 g/mol. The lowest BCUT2D eigenvalue weighted by Crippen LogP contribution is -2.63. The molecule has 1 heterocycles. The molecule has 1 aromatic carbocycles. The number of likely N-dealkylation sites (N-methyl/N-ethyl adjacent to an activating group) is 1. The summed E-state index contributed by atoms with van der Waals surface area (Å²) in [5, 5.41) is 0. The van der Waals surface area contributed by atoms with Gasteiger partial charge in [0, 0.05) is 18.5 Å². The molecule has 4 aliphatic rings. The maximum atomic E-state index is 12.7. The Morgan fingerprint density at radius 2 is 1.90 bits per heavy atom. The first-order chi connectivity index (χ1) is 13.8. The molecule has 1 amide bonds. The van der Waals surface area contributed by atoms with Crippen molar-refractivity contribution >= 4 is 5.91 Å². The Morgan fingerprint density at radius 1 is 1.10 bits per heavy atom. The quantitative estimate of drug-likeness (QED) is 0.624. The number of benzene rings is 1. The van der Waals surface area contributed by atoms with E-state index in [0.29, 0.717) is 17.4 Å². The van der Waals surface area contributed by atoms with Crippen LogP contribution in [0.5, 0.6) is 0 Å². The van der Waals surface area contributed by atoms with Crippen LogP contribution >= 0.6 is 0 Å². The summed E-state index contributed by atoms with van der Waals surface area (Å²) < 4.78 is 0. The van der Waals surface area contributed by atoms with E-state index in [4.69, 9.17) is 0 Å². The van der Waals surface area contributed by atoms with E-state index >= 15 is 0 Å². The Bertz CT molecular complexity index is 843. The van der Waals surface area contributed by atoms with Crippen LogP contribution in [0.2, 0.25) is 0 Å². The summed E-state index contributed by atoms with van der Waals surface area (Å²) in [5.41, 5.74) is 3.55. The molecule has 5 rings (SSSR count). The summed E-state index contributed by atoms with van der Waals surface area (Å²) in [6.45, 7) is 7.30. The molecule has 7 atom stereocenters. The first-order valence-corrected chi connectivity index (χ1v) is 11.8. The van der Waals surface area contributed by atoms with Crippen LogP contribution in [0.25, 0.3) is 0 Å². The minimum atomic E-state index is 0.114. The molecule has 2 heteroatoms. The highest BCUT2D eigenvalue weighted by atomic mass is 16.2. The zero-order valence-corrected chi connectivity index (χ0v) is 18.7. The van der Waals surface area contributed by atoms with Crippen LogP contribution in [0, 0.1) is 41.4 Å². The van der Waals surface area contributed by atoms with Crippen molar-refractivity contribution in [1.82, 2.24) is 4.90 Å². The van der Waals surface area contributed by atoms with Gasteiger partial charge in [0.1, 0.15) is 0 Å². The van der Waals surface area contributed by atoms with Crippen LogP contribution in [0.3, 0.4) is 0 Å². The number of nitrogens with zero attached hydrogens (tertiary/aromatic N) is 1. The molecule has 0 aromatic heterocycles. The molecule has 3 aliphatic carbocycles.